The molecule has 0 spiro atoms. The third kappa shape index (κ3) is 4.73. The molecule has 0 unspecified atom stereocenters. The molecule has 2 aliphatic heterocycles. The minimum absolute atomic E-state index is 0.0764. The number of sulfone groups is 1. The summed E-state index contributed by atoms with van der Waals surface area (Å²) in [6, 6.07) is 8.81. The fourth-order valence-electron chi connectivity index (χ4n) is 3.69. The third-order valence-corrected chi connectivity index (χ3v) is 6.89. The lowest BCUT2D eigenvalue weighted by molar-refractivity contribution is 0.134. The second kappa shape index (κ2) is 8.19. The van der Waals surface area contributed by atoms with Crippen molar-refractivity contribution >= 4 is 15.9 Å². The Morgan fingerprint density at radius 1 is 1.04 bits per heavy atom. The van der Waals surface area contributed by atoms with Crippen molar-refractivity contribution in [1.29, 1.82) is 0 Å². The zero-order valence-electron chi connectivity index (χ0n) is 14.6. The van der Waals surface area contributed by atoms with Crippen LogP contribution in [0.5, 0.6) is 0 Å². The van der Waals surface area contributed by atoms with E-state index in [-0.39, 0.29) is 18.3 Å². The van der Waals surface area contributed by atoms with Gasteiger partial charge in [-0.15, -0.1) is 0 Å². The lowest BCUT2D eigenvalue weighted by atomic mass is 10.0. The van der Waals surface area contributed by atoms with E-state index in [4.69, 9.17) is 0 Å². The second-order valence-corrected chi connectivity index (χ2v) is 8.93. The molecule has 0 aromatic heterocycles. The highest BCUT2D eigenvalue weighted by atomic mass is 32.2. The number of piperidine rings is 1. The van der Waals surface area contributed by atoms with Gasteiger partial charge in [0.25, 0.3) is 0 Å². The Bertz CT molecular complexity index is 664. The van der Waals surface area contributed by atoms with E-state index in [9.17, 15) is 13.2 Å². The topological polar surface area (TPSA) is 69.7 Å². The fourth-order valence-corrected chi connectivity index (χ4v) is 4.87. The molecule has 6 nitrogen and oxygen atoms in total. The van der Waals surface area contributed by atoms with E-state index in [1.165, 1.54) is 25.9 Å². The van der Waals surface area contributed by atoms with Crippen molar-refractivity contribution in [1.82, 2.24) is 15.1 Å². The summed E-state index contributed by atoms with van der Waals surface area (Å²) in [5.41, 5.74) is 0. The van der Waals surface area contributed by atoms with Gasteiger partial charge in [0.2, 0.25) is 0 Å². The Balaban J connectivity index is 1.41. The summed E-state index contributed by atoms with van der Waals surface area (Å²) >= 11 is 0. The van der Waals surface area contributed by atoms with Crippen LogP contribution in [-0.2, 0) is 9.84 Å². The van der Waals surface area contributed by atoms with E-state index in [0.29, 0.717) is 10.9 Å². The Kier molecular flexibility index (Phi) is 5.96. The molecule has 2 heterocycles. The monoisotopic (exact) mass is 365 g/mol. The predicted molar refractivity (Wildman–Crippen MR) is 97.3 cm³/mol. The highest BCUT2D eigenvalue weighted by molar-refractivity contribution is 7.91. The van der Waals surface area contributed by atoms with Crippen LogP contribution in [0.2, 0.25) is 0 Å². The van der Waals surface area contributed by atoms with Crippen molar-refractivity contribution < 1.29 is 13.2 Å². The Morgan fingerprint density at radius 3 is 2.32 bits per heavy atom. The van der Waals surface area contributed by atoms with Crippen LogP contribution in [0.3, 0.4) is 0 Å². The van der Waals surface area contributed by atoms with Crippen molar-refractivity contribution in [2.75, 3.05) is 38.5 Å². The summed E-state index contributed by atoms with van der Waals surface area (Å²) in [6.45, 7) is 4.02. The van der Waals surface area contributed by atoms with Gasteiger partial charge in [-0.05, 0) is 50.9 Å². The van der Waals surface area contributed by atoms with E-state index in [2.05, 4.69) is 10.2 Å². The van der Waals surface area contributed by atoms with Gasteiger partial charge in [-0.3, -0.25) is 0 Å². The van der Waals surface area contributed by atoms with E-state index < -0.39 is 9.84 Å². The normalized spacial score (nSPS) is 19.9. The first-order chi connectivity index (χ1) is 12.1. The number of nitrogens with zero attached hydrogens (tertiary/aromatic N) is 2. The van der Waals surface area contributed by atoms with Gasteiger partial charge < -0.3 is 15.1 Å². The number of carbonyl (C=O) groups excluding carboxylic acids is 1. The van der Waals surface area contributed by atoms with Gasteiger partial charge in [0.1, 0.15) is 0 Å². The Hall–Kier alpha value is -1.60. The van der Waals surface area contributed by atoms with Gasteiger partial charge in [-0.1, -0.05) is 18.2 Å². The van der Waals surface area contributed by atoms with Gasteiger partial charge in [0, 0.05) is 25.7 Å². The molecule has 2 aliphatic rings. The van der Waals surface area contributed by atoms with Gasteiger partial charge >= 0.3 is 6.03 Å². The van der Waals surface area contributed by atoms with E-state index >= 15 is 0 Å². The summed E-state index contributed by atoms with van der Waals surface area (Å²) < 4.78 is 24.4. The molecule has 2 amide bonds. The standard InChI is InChI=1S/C18H27N3O3S/c22-18(19-10-15-25(23,24)17-6-2-1-3-7-17)21-13-8-16(9-14-21)20-11-4-5-12-20/h1-3,6-7,16H,4-5,8-15H2,(H,19,22). The highest BCUT2D eigenvalue weighted by Crippen LogP contribution is 2.21. The molecule has 1 aromatic rings. The van der Waals surface area contributed by atoms with Crippen LogP contribution in [0.15, 0.2) is 35.2 Å². The molecular formula is C18H27N3O3S. The second-order valence-electron chi connectivity index (χ2n) is 6.83. The molecule has 25 heavy (non-hydrogen) atoms. The highest BCUT2D eigenvalue weighted by Gasteiger charge is 2.28. The molecular weight excluding hydrogens is 338 g/mol. The number of hydrogen-bond donors (Lipinski definition) is 1. The largest absolute Gasteiger partial charge is 0.337 e. The van der Waals surface area contributed by atoms with E-state index in [1.54, 1.807) is 30.3 Å². The predicted octanol–water partition coefficient (Wildman–Crippen LogP) is 1.73. The first kappa shape index (κ1) is 18.2. The van der Waals surface area contributed by atoms with Crippen molar-refractivity contribution in [3.8, 4) is 0 Å². The average molecular weight is 365 g/mol. The van der Waals surface area contributed by atoms with Crippen LogP contribution in [0.4, 0.5) is 4.79 Å². The molecule has 0 aliphatic carbocycles. The van der Waals surface area contributed by atoms with Crippen LogP contribution < -0.4 is 5.32 Å². The van der Waals surface area contributed by atoms with Crippen LogP contribution in [0, 0.1) is 0 Å². The van der Waals surface area contributed by atoms with Crippen LogP contribution in [0.1, 0.15) is 25.7 Å². The average Bonchev–Trinajstić information content (AvgIpc) is 3.17. The quantitative estimate of drug-likeness (QED) is 0.863. The molecule has 1 N–H and O–H groups in total. The zero-order valence-corrected chi connectivity index (χ0v) is 15.4. The first-order valence-electron chi connectivity index (χ1n) is 9.11. The van der Waals surface area contributed by atoms with Gasteiger partial charge in [-0.2, -0.15) is 0 Å². The smallest absolute Gasteiger partial charge is 0.317 e. The Labute approximate surface area is 150 Å². The van der Waals surface area contributed by atoms with E-state index in [1.807, 2.05) is 4.90 Å². The number of rotatable bonds is 5. The molecule has 0 bridgehead atoms. The molecule has 2 fully saturated rings. The third-order valence-electron chi connectivity index (χ3n) is 5.16. The van der Waals surface area contributed by atoms with Crippen molar-refractivity contribution in [2.45, 2.75) is 36.6 Å². The maximum absolute atomic E-state index is 12.3. The molecule has 0 saturated carbocycles. The minimum atomic E-state index is -3.35. The molecule has 0 atom stereocenters. The number of urea groups is 1. The first-order valence-corrected chi connectivity index (χ1v) is 10.8. The Morgan fingerprint density at radius 2 is 1.68 bits per heavy atom. The molecule has 1 aromatic carbocycles. The number of amides is 2. The summed E-state index contributed by atoms with van der Waals surface area (Å²) in [4.78, 5) is 16.9. The number of likely N-dealkylation sites (tertiary alicyclic amines) is 2. The molecule has 2 saturated heterocycles. The van der Waals surface area contributed by atoms with Crippen LogP contribution in [0.25, 0.3) is 0 Å². The fraction of sp³-hybridized carbons (Fsp3) is 0.611. The van der Waals surface area contributed by atoms with Crippen molar-refractivity contribution in [2.24, 2.45) is 0 Å². The van der Waals surface area contributed by atoms with Crippen LogP contribution >= 0.6 is 0 Å². The number of nitrogens with one attached hydrogen (secondary N) is 1. The summed E-state index contributed by atoms with van der Waals surface area (Å²) in [5.74, 6) is -0.0764. The molecule has 7 heteroatoms. The number of carbonyl (C=O) groups is 1. The zero-order chi connectivity index (χ0) is 17.7. The maximum Gasteiger partial charge on any atom is 0.317 e. The lowest BCUT2D eigenvalue weighted by Gasteiger charge is -2.36. The van der Waals surface area contributed by atoms with E-state index in [0.717, 1.165) is 25.9 Å². The minimum Gasteiger partial charge on any atom is -0.337 e. The van der Waals surface area contributed by atoms with Gasteiger partial charge in [0.05, 0.1) is 10.6 Å². The summed E-state index contributed by atoms with van der Waals surface area (Å²) in [7, 11) is -3.35. The van der Waals surface area contributed by atoms with Gasteiger partial charge in [0.15, 0.2) is 9.84 Å². The SMILES string of the molecule is O=C(NCCS(=O)(=O)c1ccccc1)N1CCC(N2CCCC2)CC1. The van der Waals surface area contributed by atoms with Crippen molar-refractivity contribution in [3.63, 3.8) is 0 Å². The molecule has 0 radical (unpaired) electrons. The van der Waals surface area contributed by atoms with Crippen LogP contribution in [-0.4, -0.2) is 68.8 Å². The summed E-state index contributed by atoms with van der Waals surface area (Å²) in [5, 5.41) is 2.76. The number of hydrogen-bond acceptors (Lipinski definition) is 4. The van der Waals surface area contributed by atoms with Crippen molar-refractivity contribution in [3.05, 3.63) is 30.3 Å². The van der Waals surface area contributed by atoms with Gasteiger partial charge in [-0.25, -0.2) is 13.2 Å². The number of benzene rings is 1. The molecule has 138 valence electrons. The summed E-state index contributed by atoms with van der Waals surface area (Å²) in [6.07, 6.45) is 4.60. The molecule has 3 rings (SSSR count). The lowest BCUT2D eigenvalue weighted by Crippen LogP contribution is -2.49. The maximum atomic E-state index is 12.3.